The van der Waals surface area contributed by atoms with Gasteiger partial charge in [0.15, 0.2) is 0 Å². The fourth-order valence-corrected chi connectivity index (χ4v) is 3.78. The molecular weight excluding hydrogens is 396 g/mol. The van der Waals surface area contributed by atoms with E-state index in [1.54, 1.807) is 60.5 Å². The fraction of sp³-hybridized carbons (Fsp3) is 0.190. The van der Waals surface area contributed by atoms with Gasteiger partial charge in [-0.15, -0.1) is 0 Å². The third-order valence-corrected chi connectivity index (χ3v) is 5.50. The minimum Gasteiger partial charge on any atom is -0.342 e. The minimum atomic E-state index is -0.350. The summed E-state index contributed by atoms with van der Waals surface area (Å²) >= 11 is 6.87. The maximum atomic E-state index is 12.7. The Morgan fingerprint density at radius 3 is 2.64 bits per heavy atom. The molecule has 2 aromatic carbocycles. The van der Waals surface area contributed by atoms with Gasteiger partial charge in [-0.1, -0.05) is 35.9 Å². The molecule has 0 aromatic heterocycles. The molecule has 0 spiro atoms. The SMILES string of the molecule is CCN(C)C(=O)c1cccc(/C=C2\SC(=O)N(Cc3cccc(Cl)c3)C2=O)c1. The summed E-state index contributed by atoms with van der Waals surface area (Å²) in [5, 5.41) is 0.229. The number of benzene rings is 2. The molecule has 0 bridgehead atoms. The van der Waals surface area contributed by atoms with Crippen LogP contribution < -0.4 is 0 Å². The van der Waals surface area contributed by atoms with Crippen LogP contribution in [0.15, 0.2) is 53.4 Å². The molecule has 1 aliphatic rings. The van der Waals surface area contributed by atoms with E-state index in [1.807, 2.05) is 13.0 Å². The first kappa shape index (κ1) is 20.2. The zero-order valence-electron chi connectivity index (χ0n) is 15.5. The van der Waals surface area contributed by atoms with Crippen LogP contribution in [0, 0.1) is 0 Å². The van der Waals surface area contributed by atoms with Crippen molar-refractivity contribution >= 4 is 46.5 Å². The van der Waals surface area contributed by atoms with E-state index in [2.05, 4.69) is 0 Å². The summed E-state index contributed by atoms with van der Waals surface area (Å²) < 4.78 is 0. The summed E-state index contributed by atoms with van der Waals surface area (Å²) in [4.78, 5) is 40.5. The number of nitrogens with zero attached hydrogens (tertiary/aromatic N) is 2. The van der Waals surface area contributed by atoms with Gasteiger partial charge in [0, 0.05) is 24.2 Å². The molecule has 1 aliphatic heterocycles. The quantitative estimate of drug-likeness (QED) is 0.667. The highest BCUT2D eigenvalue weighted by molar-refractivity contribution is 8.18. The van der Waals surface area contributed by atoms with Crippen molar-refractivity contribution < 1.29 is 14.4 Å². The highest BCUT2D eigenvalue weighted by Gasteiger charge is 2.35. The molecule has 1 heterocycles. The van der Waals surface area contributed by atoms with Crippen LogP contribution in [-0.4, -0.2) is 40.4 Å². The highest BCUT2D eigenvalue weighted by Crippen LogP contribution is 2.33. The Hall–Kier alpha value is -2.57. The average Bonchev–Trinajstić information content (AvgIpc) is 2.94. The van der Waals surface area contributed by atoms with Gasteiger partial charge in [-0.3, -0.25) is 19.3 Å². The fourth-order valence-electron chi connectivity index (χ4n) is 2.73. The van der Waals surface area contributed by atoms with Crippen molar-refractivity contribution in [2.75, 3.05) is 13.6 Å². The van der Waals surface area contributed by atoms with Gasteiger partial charge in [-0.2, -0.15) is 0 Å². The number of amides is 3. The Kier molecular flexibility index (Phi) is 6.21. The van der Waals surface area contributed by atoms with Crippen molar-refractivity contribution in [3.63, 3.8) is 0 Å². The molecule has 1 saturated heterocycles. The summed E-state index contributed by atoms with van der Waals surface area (Å²) in [5.41, 5.74) is 2.02. The van der Waals surface area contributed by atoms with Gasteiger partial charge in [0.25, 0.3) is 17.1 Å². The van der Waals surface area contributed by atoms with Gasteiger partial charge in [0.2, 0.25) is 0 Å². The topological polar surface area (TPSA) is 57.7 Å². The first-order valence-corrected chi connectivity index (χ1v) is 9.94. The molecule has 0 radical (unpaired) electrons. The van der Waals surface area contributed by atoms with Crippen LogP contribution in [0.25, 0.3) is 6.08 Å². The van der Waals surface area contributed by atoms with E-state index in [0.717, 1.165) is 17.3 Å². The Labute approximate surface area is 173 Å². The number of halogens is 1. The van der Waals surface area contributed by atoms with Gasteiger partial charge >= 0.3 is 0 Å². The van der Waals surface area contributed by atoms with Crippen molar-refractivity contribution in [3.05, 3.63) is 75.1 Å². The molecule has 7 heteroatoms. The number of rotatable bonds is 5. The predicted octanol–water partition coefficient (Wildman–Crippen LogP) is 4.67. The first-order chi connectivity index (χ1) is 13.4. The van der Waals surface area contributed by atoms with Crippen LogP contribution >= 0.6 is 23.4 Å². The Balaban J connectivity index is 1.81. The molecule has 0 atom stereocenters. The Morgan fingerprint density at radius 2 is 1.93 bits per heavy atom. The summed E-state index contributed by atoms with van der Waals surface area (Å²) in [6.45, 7) is 2.67. The lowest BCUT2D eigenvalue weighted by molar-refractivity contribution is -0.123. The summed E-state index contributed by atoms with van der Waals surface area (Å²) in [6, 6.07) is 14.1. The van der Waals surface area contributed by atoms with Crippen LogP contribution in [0.2, 0.25) is 5.02 Å². The second-order valence-corrected chi connectivity index (χ2v) is 7.77. The summed E-state index contributed by atoms with van der Waals surface area (Å²) in [6.07, 6.45) is 1.64. The third kappa shape index (κ3) is 4.46. The van der Waals surface area contributed by atoms with Crippen LogP contribution in [0.5, 0.6) is 0 Å². The van der Waals surface area contributed by atoms with E-state index in [1.165, 1.54) is 4.90 Å². The lowest BCUT2D eigenvalue weighted by Gasteiger charge is -2.14. The number of imide groups is 1. The Bertz CT molecular complexity index is 974. The van der Waals surface area contributed by atoms with Crippen molar-refractivity contribution in [2.45, 2.75) is 13.5 Å². The lowest BCUT2D eigenvalue weighted by Crippen LogP contribution is -2.27. The second-order valence-electron chi connectivity index (χ2n) is 6.34. The van der Waals surface area contributed by atoms with Crippen LogP contribution in [0.3, 0.4) is 0 Å². The first-order valence-electron chi connectivity index (χ1n) is 8.74. The van der Waals surface area contributed by atoms with E-state index >= 15 is 0 Å². The highest BCUT2D eigenvalue weighted by atomic mass is 35.5. The van der Waals surface area contributed by atoms with Gasteiger partial charge in [0.05, 0.1) is 11.4 Å². The second kappa shape index (κ2) is 8.63. The lowest BCUT2D eigenvalue weighted by atomic mass is 10.1. The van der Waals surface area contributed by atoms with E-state index in [4.69, 9.17) is 11.6 Å². The zero-order chi connectivity index (χ0) is 20.3. The molecule has 0 saturated carbocycles. The van der Waals surface area contributed by atoms with Crippen molar-refractivity contribution in [1.82, 2.24) is 9.80 Å². The van der Waals surface area contributed by atoms with Crippen molar-refractivity contribution in [2.24, 2.45) is 0 Å². The standard InChI is InChI=1S/C21H19ClN2O3S/c1-3-23(2)19(25)16-8-4-6-14(10-16)12-18-20(26)24(21(27)28-18)13-15-7-5-9-17(22)11-15/h4-12H,3,13H2,1-2H3/b18-12-. The average molecular weight is 415 g/mol. The molecule has 144 valence electrons. The molecule has 0 aliphatic carbocycles. The van der Waals surface area contributed by atoms with Gasteiger partial charge in [0.1, 0.15) is 0 Å². The molecule has 0 unspecified atom stereocenters. The molecule has 0 N–H and O–H groups in total. The number of hydrogen-bond acceptors (Lipinski definition) is 4. The van der Waals surface area contributed by atoms with E-state index in [9.17, 15) is 14.4 Å². The molecule has 5 nitrogen and oxygen atoms in total. The third-order valence-electron chi connectivity index (χ3n) is 4.36. The molecule has 1 fully saturated rings. The number of carbonyl (C=O) groups is 3. The van der Waals surface area contributed by atoms with Crippen LogP contribution in [-0.2, 0) is 11.3 Å². The smallest absolute Gasteiger partial charge is 0.293 e. The van der Waals surface area contributed by atoms with E-state index < -0.39 is 0 Å². The van der Waals surface area contributed by atoms with Gasteiger partial charge in [-0.25, -0.2) is 0 Å². The largest absolute Gasteiger partial charge is 0.342 e. The maximum absolute atomic E-state index is 12.7. The number of thioether (sulfide) groups is 1. The molecule has 3 rings (SSSR count). The monoisotopic (exact) mass is 414 g/mol. The summed E-state index contributed by atoms with van der Waals surface area (Å²) in [5.74, 6) is -0.441. The maximum Gasteiger partial charge on any atom is 0.293 e. The normalized spacial score (nSPS) is 15.4. The van der Waals surface area contributed by atoms with Crippen LogP contribution in [0.4, 0.5) is 4.79 Å². The zero-order valence-corrected chi connectivity index (χ0v) is 17.1. The Morgan fingerprint density at radius 1 is 1.18 bits per heavy atom. The predicted molar refractivity (Wildman–Crippen MR) is 112 cm³/mol. The molecular formula is C21H19ClN2O3S. The number of carbonyl (C=O) groups excluding carboxylic acids is 3. The van der Waals surface area contributed by atoms with Gasteiger partial charge < -0.3 is 4.90 Å². The number of hydrogen-bond donors (Lipinski definition) is 0. The molecule has 28 heavy (non-hydrogen) atoms. The van der Waals surface area contributed by atoms with Crippen molar-refractivity contribution in [1.29, 1.82) is 0 Å². The molecule has 3 amide bonds. The molecule has 2 aromatic rings. The minimum absolute atomic E-state index is 0.0909. The van der Waals surface area contributed by atoms with E-state index in [-0.39, 0.29) is 23.6 Å². The van der Waals surface area contributed by atoms with Crippen LogP contribution in [0.1, 0.15) is 28.4 Å². The van der Waals surface area contributed by atoms with Crippen molar-refractivity contribution in [3.8, 4) is 0 Å². The van der Waals surface area contributed by atoms with E-state index in [0.29, 0.717) is 27.6 Å². The van der Waals surface area contributed by atoms with Gasteiger partial charge in [-0.05, 0) is 60.2 Å². The summed E-state index contributed by atoms with van der Waals surface area (Å²) in [7, 11) is 1.73.